The lowest BCUT2D eigenvalue weighted by molar-refractivity contribution is 0.114. The van der Waals surface area contributed by atoms with Crippen LogP contribution in [0.1, 0.15) is 193 Å². The molecule has 2 fully saturated rings. The van der Waals surface area contributed by atoms with Gasteiger partial charge in [-0.25, -0.2) is 0 Å². The number of hydrogen-bond donors (Lipinski definition) is 0. The van der Waals surface area contributed by atoms with Gasteiger partial charge in [0.25, 0.3) is 0 Å². The normalized spacial score (nSPS) is 34.0. The standard InChI is InChI=1S/C62H85BN2O/c1-36-28-50-54-51(29-36)65(48-34-45-42(30-37(48)2)58(8,9)24-26-61(45,14)15)49-35-46-44(60(12,13)25-27-62(46,16)17)33-47(49)63(54)53-40-31-38(56(3,4)5)18-21-52(40)66-55(53)64(50)39-19-20-41-43(32-39)59(10,11)23-22-57(41,6)7/h18-21,29,32-34,38,40,42,46,50,52H,22-28,30-31,35H2,1-17H3. The second-order valence-corrected chi connectivity index (χ2v) is 28.8. The van der Waals surface area contributed by atoms with Crippen molar-refractivity contribution in [2.45, 2.75) is 205 Å². The Morgan fingerprint density at radius 3 is 1.89 bits per heavy atom. The van der Waals surface area contributed by atoms with E-state index in [2.05, 4.69) is 176 Å². The molecule has 352 valence electrons. The lowest BCUT2D eigenvalue weighted by Crippen LogP contribution is -2.55. The Morgan fingerprint density at radius 1 is 0.636 bits per heavy atom. The van der Waals surface area contributed by atoms with Crippen LogP contribution in [0, 0.1) is 50.7 Å². The zero-order valence-corrected chi connectivity index (χ0v) is 44.5. The van der Waals surface area contributed by atoms with Gasteiger partial charge in [0.2, 0.25) is 6.71 Å². The average molecular weight is 885 g/mol. The Labute approximate surface area is 402 Å². The van der Waals surface area contributed by atoms with Gasteiger partial charge in [0.15, 0.2) is 5.88 Å². The summed E-state index contributed by atoms with van der Waals surface area (Å²) in [5.74, 6) is 3.09. The van der Waals surface area contributed by atoms with E-state index >= 15 is 0 Å². The second kappa shape index (κ2) is 14.1. The first kappa shape index (κ1) is 45.1. The summed E-state index contributed by atoms with van der Waals surface area (Å²) >= 11 is 0. The second-order valence-electron chi connectivity index (χ2n) is 28.8. The quantitative estimate of drug-likeness (QED) is 0.217. The highest BCUT2D eigenvalue weighted by Crippen LogP contribution is 2.64. The molecule has 0 amide bonds. The summed E-state index contributed by atoms with van der Waals surface area (Å²) in [6.07, 6.45) is 25.2. The summed E-state index contributed by atoms with van der Waals surface area (Å²) < 4.78 is 7.63. The summed E-state index contributed by atoms with van der Waals surface area (Å²) in [7, 11) is 0. The fourth-order valence-electron chi connectivity index (χ4n) is 15.7. The highest BCUT2D eigenvalue weighted by atomic mass is 16.5. The Kier molecular flexibility index (Phi) is 9.64. The van der Waals surface area contributed by atoms with Crippen LogP contribution in [0.4, 0.5) is 5.69 Å². The van der Waals surface area contributed by atoms with E-state index < -0.39 is 0 Å². The molecule has 0 saturated heterocycles. The van der Waals surface area contributed by atoms with E-state index in [0.717, 1.165) is 25.7 Å². The van der Waals surface area contributed by atoms with Gasteiger partial charge in [0.05, 0.1) is 6.04 Å². The number of benzene rings is 1. The van der Waals surface area contributed by atoms with Crippen molar-refractivity contribution in [1.82, 2.24) is 4.90 Å². The fourth-order valence-corrected chi connectivity index (χ4v) is 15.7. The maximum atomic E-state index is 7.63. The zero-order chi connectivity index (χ0) is 47.2. The van der Waals surface area contributed by atoms with Crippen LogP contribution in [-0.2, 0) is 15.6 Å². The predicted molar refractivity (Wildman–Crippen MR) is 279 cm³/mol. The molecule has 7 aliphatic carbocycles. The molecule has 6 unspecified atom stereocenters. The summed E-state index contributed by atoms with van der Waals surface area (Å²) in [5.41, 5.74) is 21.5. The van der Waals surface area contributed by atoms with E-state index in [0.29, 0.717) is 29.1 Å². The van der Waals surface area contributed by atoms with E-state index in [-0.39, 0.29) is 51.3 Å². The van der Waals surface area contributed by atoms with Crippen LogP contribution in [0.2, 0.25) is 0 Å². The van der Waals surface area contributed by atoms with Crippen LogP contribution < -0.4 is 4.90 Å². The first-order valence-corrected chi connectivity index (χ1v) is 26.7. The molecule has 6 atom stereocenters. The molecule has 0 bridgehead atoms. The van der Waals surface area contributed by atoms with E-state index in [9.17, 15) is 0 Å². The number of nitrogens with zero attached hydrogens (tertiary/aromatic N) is 2. The lowest BCUT2D eigenvalue weighted by Gasteiger charge is -2.56. The molecule has 1 aromatic rings. The van der Waals surface area contributed by atoms with Crippen molar-refractivity contribution in [3.63, 3.8) is 0 Å². The molecule has 0 aromatic heterocycles. The van der Waals surface area contributed by atoms with Gasteiger partial charge >= 0.3 is 0 Å². The van der Waals surface area contributed by atoms with Gasteiger partial charge in [-0.05, 0) is 197 Å². The smallest absolute Gasteiger partial charge is 0.247 e. The molecule has 3 aliphatic heterocycles. The topological polar surface area (TPSA) is 15.7 Å². The van der Waals surface area contributed by atoms with Crippen molar-refractivity contribution in [2.24, 2.45) is 50.7 Å². The largest absolute Gasteiger partial charge is 0.471 e. The third kappa shape index (κ3) is 6.53. The highest BCUT2D eigenvalue weighted by Gasteiger charge is 2.59. The third-order valence-electron chi connectivity index (χ3n) is 20.6. The van der Waals surface area contributed by atoms with Crippen molar-refractivity contribution >= 4 is 12.4 Å². The van der Waals surface area contributed by atoms with Gasteiger partial charge in [-0.2, -0.15) is 0 Å². The molecule has 4 heteroatoms. The highest BCUT2D eigenvalue weighted by molar-refractivity contribution is 6.82. The van der Waals surface area contributed by atoms with Crippen molar-refractivity contribution < 1.29 is 4.74 Å². The van der Waals surface area contributed by atoms with Crippen LogP contribution in [0.5, 0.6) is 0 Å². The Hall–Kier alpha value is -3.40. The SMILES string of the molecule is CC1=CC2=C3B(C4=C(CC5C(=C4)C(C)(C)CCC5(C)C)N2C2=C(C)CC4C(=C2)C(C)(C)CCC4(C)C)C2=C(OC4C=CC(C(C)(C)C)CC24)N(c2ccc4c(c2)C(C)(C)CCC4(C)C)C3C1. The van der Waals surface area contributed by atoms with Crippen molar-refractivity contribution in [2.75, 3.05) is 4.90 Å². The minimum atomic E-state index is 0.0559. The molecule has 11 rings (SSSR count). The van der Waals surface area contributed by atoms with Gasteiger partial charge in [-0.3, -0.25) is 0 Å². The number of hydrogen-bond acceptors (Lipinski definition) is 3. The summed E-state index contributed by atoms with van der Waals surface area (Å²) in [5, 5.41) is 0. The molecular formula is C62H85BN2O. The first-order valence-electron chi connectivity index (χ1n) is 26.7. The molecule has 3 heterocycles. The van der Waals surface area contributed by atoms with E-state index in [1.54, 1.807) is 38.8 Å². The van der Waals surface area contributed by atoms with Crippen molar-refractivity contribution in [1.29, 1.82) is 0 Å². The molecular weight excluding hydrogens is 800 g/mol. The third-order valence-corrected chi connectivity index (χ3v) is 20.6. The van der Waals surface area contributed by atoms with Crippen LogP contribution in [0.3, 0.4) is 0 Å². The molecule has 0 radical (unpaired) electrons. The monoisotopic (exact) mass is 885 g/mol. The molecule has 10 aliphatic rings. The van der Waals surface area contributed by atoms with E-state index in [4.69, 9.17) is 4.74 Å². The molecule has 0 N–H and O–H groups in total. The Bertz CT molecular complexity index is 2580. The molecule has 0 spiro atoms. The first-order chi connectivity index (χ1) is 30.6. The van der Waals surface area contributed by atoms with E-state index in [1.807, 2.05) is 0 Å². The number of anilines is 1. The van der Waals surface area contributed by atoms with Gasteiger partial charge < -0.3 is 14.5 Å². The number of rotatable bonds is 2. The van der Waals surface area contributed by atoms with Gasteiger partial charge in [0, 0.05) is 28.7 Å². The predicted octanol–water partition coefficient (Wildman–Crippen LogP) is 16.2. The van der Waals surface area contributed by atoms with Crippen LogP contribution in [-0.4, -0.2) is 23.8 Å². The van der Waals surface area contributed by atoms with Crippen LogP contribution >= 0.6 is 0 Å². The van der Waals surface area contributed by atoms with Gasteiger partial charge in [-0.15, -0.1) is 0 Å². The molecule has 2 saturated carbocycles. The van der Waals surface area contributed by atoms with E-state index in [1.165, 1.54) is 78.2 Å². The summed E-state index contributed by atoms with van der Waals surface area (Å²) in [6.45, 7) is 43.0. The van der Waals surface area contributed by atoms with Gasteiger partial charge in [0.1, 0.15) is 6.10 Å². The lowest BCUT2D eigenvalue weighted by atomic mass is 9.28. The number of ether oxygens (including phenoxy) is 1. The molecule has 1 aromatic carbocycles. The van der Waals surface area contributed by atoms with Crippen molar-refractivity contribution in [3.05, 3.63) is 121 Å². The molecule has 66 heavy (non-hydrogen) atoms. The van der Waals surface area contributed by atoms with Gasteiger partial charge in [-0.1, -0.05) is 139 Å². The minimum absolute atomic E-state index is 0.0559. The maximum Gasteiger partial charge on any atom is 0.247 e. The van der Waals surface area contributed by atoms with Crippen LogP contribution in [0.15, 0.2) is 110 Å². The average Bonchev–Trinajstić information content (AvgIpc) is 3.61. The molecule has 3 nitrogen and oxygen atoms in total. The summed E-state index contributed by atoms with van der Waals surface area (Å²) in [4.78, 5) is 5.69. The Balaban J connectivity index is 1.20. The number of fused-ring (bicyclic) bond motifs is 7. The van der Waals surface area contributed by atoms with Crippen molar-refractivity contribution in [3.8, 4) is 0 Å². The zero-order valence-electron chi connectivity index (χ0n) is 44.5. The number of allylic oxidation sites excluding steroid dienone is 9. The minimum Gasteiger partial charge on any atom is -0.471 e. The van der Waals surface area contributed by atoms with Crippen LogP contribution in [0.25, 0.3) is 0 Å². The summed E-state index contributed by atoms with van der Waals surface area (Å²) in [6, 6.07) is 7.81. The maximum absolute atomic E-state index is 7.63. The Morgan fingerprint density at radius 2 is 1.24 bits per heavy atom. The fraction of sp³-hybridized carbons (Fsp3) is 0.645.